The average molecular weight is 304 g/mol. The number of hydrogen-bond donors (Lipinski definition) is 2. The van der Waals surface area contributed by atoms with Crippen LogP contribution in [-0.4, -0.2) is 24.7 Å². The maximum absolute atomic E-state index is 12.3. The molecule has 2 rings (SSSR count). The number of hydrogen-bond acceptors (Lipinski definition) is 4. The normalized spacial score (nSPS) is 18.6. The zero-order valence-corrected chi connectivity index (χ0v) is 13.7. The minimum atomic E-state index is -0.272. The Balaban J connectivity index is 1.98. The molecular formula is C18H28N2O2. The molecule has 122 valence electrons. The van der Waals surface area contributed by atoms with E-state index in [9.17, 15) is 4.79 Å². The molecule has 0 bridgehead atoms. The van der Waals surface area contributed by atoms with Gasteiger partial charge in [-0.25, -0.2) is 4.79 Å². The lowest BCUT2D eigenvalue weighted by Crippen LogP contribution is -2.46. The standard InChI is InChI=1S/C18H28N2O2/c1-3-20-17(14-7-5-4-6-8-14)13(2)22-18(21)15-9-11-16(19)12-10-15/h9-14,17,20H,3-8,19H2,1-2H3/t13-,17+/m0/s1. The molecule has 2 atom stereocenters. The van der Waals surface area contributed by atoms with Crippen LogP contribution in [0.1, 0.15) is 56.3 Å². The average Bonchev–Trinajstić information content (AvgIpc) is 2.53. The van der Waals surface area contributed by atoms with Crippen LogP contribution in [0.25, 0.3) is 0 Å². The second kappa shape index (κ2) is 8.18. The van der Waals surface area contributed by atoms with Crippen molar-refractivity contribution < 1.29 is 9.53 Å². The van der Waals surface area contributed by atoms with Crippen molar-refractivity contribution >= 4 is 11.7 Å². The van der Waals surface area contributed by atoms with Crippen molar-refractivity contribution in [3.63, 3.8) is 0 Å². The van der Waals surface area contributed by atoms with Crippen molar-refractivity contribution in [3.8, 4) is 0 Å². The number of esters is 1. The molecule has 1 aromatic rings. The SMILES string of the molecule is CCN[C@@H](C1CCCCC1)[C@H](C)OC(=O)c1ccc(N)cc1. The van der Waals surface area contributed by atoms with E-state index in [2.05, 4.69) is 12.2 Å². The van der Waals surface area contributed by atoms with Gasteiger partial charge in [-0.3, -0.25) is 0 Å². The third-order valence-corrected chi connectivity index (χ3v) is 4.54. The van der Waals surface area contributed by atoms with Crippen molar-refractivity contribution in [2.45, 2.75) is 58.1 Å². The molecule has 0 aliphatic heterocycles. The van der Waals surface area contributed by atoms with Crippen molar-refractivity contribution in [2.24, 2.45) is 5.92 Å². The molecule has 0 aromatic heterocycles. The Hall–Kier alpha value is -1.55. The molecule has 0 unspecified atom stereocenters. The minimum Gasteiger partial charge on any atom is -0.457 e. The summed E-state index contributed by atoms with van der Waals surface area (Å²) in [5.41, 5.74) is 6.86. The van der Waals surface area contributed by atoms with E-state index in [1.807, 2.05) is 6.92 Å². The van der Waals surface area contributed by atoms with Gasteiger partial charge in [0.15, 0.2) is 0 Å². The number of carbonyl (C=O) groups excluding carboxylic acids is 1. The highest BCUT2D eigenvalue weighted by molar-refractivity contribution is 5.89. The molecule has 1 aliphatic carbocycles. The van der Waals surface area contributed by atoms with Crippen LogP contribution in [0.4, 0.5) is 5.69 Å². The van der Waals surface area contributed by atoms with Gasteiger partial charge in [-0.05, 0) is 56.5 Å². The Morgan fingerprint density at radius 2 is 1.91 bits per heavy atom. The molecule has 0 amide bonds. The summed E-state index contributed by atoms with van der Waals surface area (Å²) >= 11 is 0. The van der Waals surface area contributed by atoms with Crippen LogP contribution < -0.4 is 11.1 Å². The van der Waals surface area contributed by atoms with E-state index in [0.29, 0.717) is 17.2 Å². The number of carbonyl (C=O) groups is 1. The second-order valence-electron chi connectivity index (χ2n) is 6.21. The van der Waals surface area contributed by atoms with E-state index < -0.39 is 0 Å². The van der Waals surface area contributed by atoms with Gasteiger partial charge in [-0.2, -0.15) is 0 Å². The summed E-state index contributed by atoms with van der Waals surface area (Å²) in [5.74, 6) is 0.328. The lowest BCUT2D eigenvalue weighted by Gasteiger charge is -2.34. The number of nitrogens with two attached hydrogens (primary N) is 1. The van der Waals surface area contributed by atoms with Crippen LogP contribution >= 0.6 is 0 Å². The first-order chi connectivity index (χ1) is 10.6. The molecule has 1 aromatic carbocycles. The van der Waals surface area contributed by atoms with Crippen molar-refractivity contribution in [3.05, 3.63) is 29.8 Å². The topological polar surface area (TPSA) is 64.3 Å². The summed E-state index contributed by atoms with van der Waals surface area (Å²) in [6.45, 7) is 4.99. The molecule has 1 saturated carbocycles. The molecule has 0 heterocycles. The van der Waals surface area contributed by atoms with Gasteiger partial charge in [0.05, 0.1) is 5.56 Å². The summed E-state index contributed by atoms with van der Waals surface area (Å²) in [6.07, 6.45) is 6.21. The van der Waals surface area contributed by atoms with Gasteiger partial charge in [-0.15, -0.1) is 0 Å². The van der Waals surface area contributed by atoms with Crippen LogP contribution in [0.2, 0.25) is 0 Å². The first-order valence-corrected chi connectivity index (χ1v) is 8.41. The summed E-state index contributed by atoms with van der Waals surface area (Å²) in [6, 6.07) is 7.12. The molecule has 4 nitrogen and oxygen atoms in total. The monoisotopic (exact) mass is 304 g/mol. The third kappa shape index (κ3) is 4.47. The van der Waals surface area contributed by atoms with Gasteiger partial charge in [0.25, 0.3) is 0 Å². The molecule has 0 saturated heterocycles. The minimum absolute atomic E-state index is 0.131. The lowest BCUT2D eigenvalue weighted by molar-refractivity contribution is 0.0161. The number of nitrogens with one attached hydrogen (secondary N) is 1. The van der Waals surface area contributed by atoms with Gasteiger partial charge < -0.3 is 15.8 Å². The van der Waals surface area contributed by atoms with Crippen LogP contribution in [0.15, 0.2) is 24.3 Å². The first kappa shape index (κ1) is 16.8. The maximum Gasteiger partial charge on any atom is 0.338 e. The Morgan fingerprint density at radius 1 is 1.27 bits per heavy atom. The first-order valence-electron chi connectivity index (χ1n) is 8.41. The van der Waals surface area contributed by atoms with Crippen LogP contribution in [0.3, 0.4) is 0 Å². The highest BCUT2D eigenvalue weighted by Crippen LogP contribution is 2.28. The quantitative estimate of drug-likeness (QED) is 0.625. The Kier molecular flexibility index (Phi) is 6.25. The summed E-state index contributed by atoms with van der Waals surface area (Å²) in [7, 11) is 0. The summed E-state index contributed by atoms with van der Waals surface area (Å²) in [4.78, 5) is 12.3. The predicted octanol–water partition coefficient (Wildman–Crippen LogP) is 3.37. The number of likely N-dealkylation sites (N-methyl/N-ethyl adjacent to an activating group) is 1. The van der Waals surface area contributed by atoms with E-state index in [-0.39, 0.29) is 18.1 Å². The molecule has 0 spiro atoms. The Bertz CT molecular complexity index is 466. The van der Waals surface area contributed by atoms with Crippen LogP contribution in [0.5, 0.6) is 0 Å². The van der Waals surface area contributed by atoms with E-state index in [0.717, 1.165) is 6.54 Å². The van der Waals surface area contributed by atoms with E-state index in [1.54, 1.807) is 24.3 Å². The highest BCUT2D eigenvalue weighted by atomic mass is 16.5. The molecule has 22 heavy (non-hydrogen) atoms. The number of anilines is 1. The lowest BCUT2D eigenvalue weighted by atomic mass is 9.82. The molecule has 4 heteroatoms. The fraction of sp³-hybridized carbons (Fsp3) is 0.611. The maximum atomic E-state index is 12.3. The number of nitrogen functional groups attached to an aromatic ring is 1. The molecule has 1 fully saturated rings. The zero-order valence-electron chi connectivity index (χ0n) is 13.7. The van der Waals surface area contributed by atoms with Crippen molar-refractivity contribution in [2.75, 3.05) is 12.3 Å². The molecule has 0 radical (unpaired) electrons. The zero-order chi connectivity index (χ0) is 15.9. The fourth-order valence-corrected chi connectivity index (χ4v) is 3.37. The smallest absolute Gasteiger partial charge is 0.338 e. The number of benzene rings is 1. The molecule has 1 aliphatic rings. The Morgan fingerprint density at radius 3 is 2.50 bits per heavy atom. The van der Waals surface area contributed by atoms with Gasteiger partial charge in [0.2, 0.25) is 0 Å². The number of ether oxygens (including phenoxy) is 1. The summed E-state index contributed by atoms with van der Waals surface area (Å²) < 4.78 is 5.70. The van der Waals surface area contributed by atoms with Gasteiger partial charge in [0.1, 0.15) is 6.10 Å². The van der Waals surface area contributed by atoms with E-state index in [4.69, 9.17) is 10.5 Å². The van der Waals surface area contributed by atoms with Gasteiger partial charge in [-0.1, -0.05) is 26.2 Å². The van der Waals surface area contributed by atoms with E-state index >= 15 is 0 Å². The van der Waals surface area contributed by atoms with Gasteiger partial charge >= 0.3 is 5.97 Å². The fourth-order valence-electron chi connectivity index (χ4n) is 3.37. The predicted molar refractivity (Wildman–Crippen MR) is 89.8 cm³/mol. The largest absolute Gasteiger partial charge is 0.457 e. The van der Waals surface area contributed by atoms with Crippen molar-refractivity contribution in [1.29, 1.82) is 0 Å². The van der Waals surface area contributed by atoms with Crippen LogP contribution in [-0.2, 0) is 4.74 Å². The van der Waals surface area contributed by atoms with Gasteiger partial charge in [0, 0.05) is 11.7 Å². The highest BCUT2D eigenvalue weighted by Gasteiger charge is 2.29. The molecule has 3 N–H and O–H groups in total. The third-order valence-electron chi connectivity index (χ3n) is 4.54. The second-order valence-corrected chi connectivity index (χ2v) is 6.21. The summed E-state index contributed by atoms with van der Waals surface area (Å²) in [5, 5.41) is 3.52. The molecular weight excluding hydrogens is 276 g/mol. The Labute approximate surface area is 133 Å². The number of rotatable bonds is 6. The van der Waals surface area contributed by atoms with Crippen LogP contribution in [0, 0.1) is 5.92 Å². The van der Waals surface area contributed by atoms with E-state index in [1.165, 1.54) is 32.1 Å². The van der Waals surface area contributed by atoms with Crippen molar-refractivity contribution in [1.82, 2.24) is 5.32 Å².